The molecule has 6 nitrogen and oxygen atoms in total. The molecule has 218 valence electrons. The fraction of sp³-hybridized carbons (Fsp3) is 0.533. The summed E-state index contributed by atoms with van der Waals surface area (Å²) in [6.07, 6.45) is -3.84. The highest BCUT2D eigenvalue weighted by atomic mass is 19.4. The highest BCUT2D eigenvalue weighted by Crippen LogP contribution is 2.44. The molecule has 2 aliphatic rings. The number of halogens is 4. The third kappa shape index (κ3) is 5.82. The van der Waals surface area contributed by atoms with Gasteiger partial charge < -0.3 is 14.4 Å². The molecule has 0 bridgehead atoms. The molecule has 40 heavy (non-hydrogen) atoms. The minimum Gasteiger partial charge on any atom is -0.497 e. The zero-order valence-electron chi connectivity index (χ0n) is 23.5. The van der Waals surface area contributed by atoms with Crippen molar-refractivity contribution in [2.45, 2.75) is 62.8 Å². The standard InChI is InChI=1S/C30H36F4N2O4/c1-28(2,3)36-17-25(20-6-9-22(39-4)10-7-20)29(31,18-36)27(38)35-14-12-19(13-15-35)23-11-8-21(30(32,33)34)16-24(23)26(37)40-5/h6-11,16,19,25H,12-15,17-18H2,1-5H3/t25-,29-/m0/s1. The van der Waals surface area contributed by atoms with E-state index in [9.17, 15) is 22.8 Å². The molecule has 2 atom stereocenters. The predicted octanol–water partition coefficient (Wildman–Crippen LogP) is 5.81. The number of hydrogen-bond acceptors (Lipinski definition) is 5. The molecule has 2 fully saturated rings. The van der Waals surface area contributed by atoms with Crippen LogP contribution in [0.15, 0.2) is 42.5 Å². The molecule has 0 aromatic heterocycles. The Morgan fingerprint density at radius 2 is 1.60 bits per heavy atom. The molecule has 0 aliphatic carbocycles. The highest BCUT2D eigenvalue weighted by Gasteiger charge is 2.57. The van der Waals surface area contributed by atoms with Gasteiger partial charge in [-0.2, -0.15) is 13.2 Å². The van der Waals surface area contributed by atoms with Crippen LogP contribution < -0.4 is 4.74 Å². The molecule has 4 rings (SSSR count). The van der Waals surface area contributed by atoms with Crippen molar-refractivity contribution in [3.05, 3.63) is 64.7 Å². The lowest BCUT2D eigenvalue weighted by Gasteiger charge is -2.38. The number of esters is 1. The largest absolute Gasteiger partial charge is 0.497 e. The number of nitrogens with zero attached hydrogens (tertiary/aromatic N) is 2. The Morgan fingerprint density at radius 1 is 0.975 bits per heavy atom. The first-order valence-electron chi connectivity index (χ1n) is 13.4. The fourth-order valence-corrected chi connectivity index (χ4v) is 5.78. The second-order valence-electron chi connectivity index (χ2n) is 11.6. The second kappa shape index (κ2) is 11.0. The van der Waals surface area contributed by atoms with Gasteiger partial charge in [-0.3, -0.25) is 9.69 Å². The number of carbonyl (C=O) groups is 2. The van der Waals surface area contributed by atoms with Crippen molar-refractivity contribution in [1.29, 1.82) is 0 Å². The molecule has 1 amide bonds. The van der Waals surface area contributed by atoms with Gasteiger partial charge in [0.2, 0.25) is 5.67 Å². The van der Waals surface area contributed by atoms with E-state index < -0.39 is 35.2 Å². The molecule has 0 N–H and O–H groups in total. The van der Waals surface area contributed by atoms with E-state index in [0.717, 1.165) is 19.2 Å². The maximum atomic E-state index is 17.0. The first-order valence-corrected chi connectivity index (χ1v) is 13.4. The van der Waals surface area contributed by atoms with Crippen LogP contribution in [0.25, 0.3) is 0 Å². The van der Waals surface area contributed by atoms with Crippen LogP contribution in [0.4, 0.5) is 17.6 Å². The Kier molecular flexibility index (Phi) is 8.23. The van der Waals surface area contributed by atoms with Gasteiger partial charge in [0.05, 0.1) is 25.3 Å². The van der Waals surface area contributed by atoms with Crippen LogP contribution in [-0.4, -0.2) is 73.3 Å². The summed E-state index contributed by atoms with van der Waals surface area (Å²) in [5.41, 5.74) is -2.42. The lowest BCUT2D eigenvalue weighted by molar-refractivity contribution is -0.145. The zero-order chi connectivity index (χ0) is 29.5. The number of benzene rings is 2. The average Bonchev–Trinajstić information content (AvgIpc) is 3.30. The number of carbonyl (C=O) groups excluding carboxylic acids is 2. The minimum atomic E-state index is -4.60. The minimum absolute atomic E-state index is 0.0443. The lowest BCUT2D eigenvalue weighted by atomic mass is 9.83. The Balaban J connectivity index is 1.56. The van der Waals surface area contributed by atoms with Gasteiger partial charge in [0.25, 0.3) is 5.91 Å². The number of methoxy groups -OCH3 is 2. The number of rotatable bonds is 5. The summed E-state index contributed by atoms with van der Waals surface area (Å²) < 4.78 is 66.8. The van der Waals surface area contributed by atoms with Gasteiger partial charge in [-0.25, -0.2) is 9.18 Å². The van der Waals surface area contributed by atoms with Crippen LogP contribution in [0.2, 0.25) is 0 Å². The lowest BCUT2D eigenvalue weighted by Crippen LogP contribution is -2.53. The Labute approximate surface area is 232 Å². The third-order valence-corrected chi connectivity index (χ3v) is 8.21. The van der Waals surface area contributed by atoms with Crippen molar-refractivity contribution in [2.24, 2.45) is 0 Å². The van der Waals surface area contributed by atoms with E-state index in [1.165, 1.54) is 11.0 Å². The van der Waals surface area contributed by atoms with E-state index in [1.54, 1.807) is 31.4 Å². The van der Waals surface area contributed by atoms with Crippen LogP contribution >= 0.6 is 0 Å². The summed E-state index contributed by atoms with van der Waals surface area (Å²) in [6.45, 7) is 6.75. The molecule has 0 saturated carbocycles. The predicted molar refractivity (Wildman–Crippen MR) is 142 cm³/mol. The van der Waals surface area contributed by atoms with Crippen LogP contribution in [-0.2, 0) is 15.7 Å². The number of amides is 1. The van der Waals surface area contributed by atoms with Gasteiger partial charge in [0.15, 0.2) is 0 Å². The van der Waals surface area contributed by atoms with Crippen LogP contribution in [0.3, 0.4) is 0 Å². The molecular weight excluding hydrogens is 528 g/mol. The third-order valence-electron chi connectivity index (χ3n) is 8.21. The first-order chi connectivity index (χ1) is 18.7. The van der Waals surface area contributed by atoms with Gasteiger partial charge in [-0.05, 0) is 74.9 Å². The van der Waals surface area contributed by atoms with Crippen molar-refractivity contribution in [3.63, 3.8) is 0 Å². The van der Waals surface area contributed by atoms with Gasteiger partial charge in [-0.1, -0.05) is 18.2 Å². The molecule has 2 saturated heterocycles. The summed E-state index contributed by atoms with van der Waals surface area (Å²) in [4.78, 5) is 29.7. The SMILES string of the molecule is COC(=O)c1cc(C(F)(F)F)ccc1C1CCN(C(=O)[C@]2(F)CN(C(C)(C)C)C[C@H]2c2ccc(OC)cc2)CC1. The normalized spacial score (nSPS) is 22.8. The van der Waals surface area contributed by atoms with Crippen LogP contribution in [0.1, 0.15) is 72.5 Å². The Bertz CT molecular complexity index is 1230. The first kappa shape index (κ1) is 29.8. The Hall–Kier alpha value is -3.14. The maximum Gasteiger partial charge on any atom is 0.416 e. The number of likely N-dealkylation sites (tertiary alicyclic amines) is 2. The fourth-order valence-electron chi connectivity index (χ4n) is 5.78. The average molecular weight is 565 g/mol. The van der Waals surface area contributed by atoms with Crippen molar-refractivity contribution in [3.8, 4) is 5.75 Å². The monoisotopic (exact) mass is 564 g/mol. The zero-order valence-corrected chi connectivity index (χ0v) is 23.5. The molecule has 2 aromatic carbocycles. The van der Waals surface area contributed by atoms with Crippen LogP contribution in [0.5, 0.6) is 5.75 Å². The summed E-state index contributed by atoms with van der Waals surface area (Å²) in [5.74, 6) is -1.74. The smallest absolute Gasteiger partial charge is 0.416 e. The van der Waals surface area contributed by atoms with Crippen molar-refractivity contribution in [2.75, 3.05) is 40.4 Å². The topological polar surface area (TPSA) is 59.1 Å². The molecule has 10 heteroatoms. The second-order valence-corrected chi connectivity index (χ2v) is 11.6. The number of alkyl halides is 4. The molecule has 2 heterocycles. The number of piperidine rings is 1. The maximum absolute atomic E-state index is 17.0. The molecule has 2 aliphatic heterocycles. The summed E-state index contributed by atoms with van der Waals surface area (Å²) in [7, 11) is 2.67. The van der Waals surface area contributed by atoms with E-state index in [0.29, 0.717) is 36.3 Å². The van der Waals surface area contributed by atoms with E-state index >= 15 is 4.39 Å². The Morgan fingerprint density at radius 3 is 2.12 bits per heavy atom. The van der Waals surface area contributed by atoms with Gasteiger partial charge in [0.1, 0.15) is 5.75 Å². The molecule has 2 aromatic rings. The van der Waals surface area contributed by atoms with Crippen molar-refractivity contribution < 1.29 is 36.6 Å². The van der Waals surface area contributed by atoms with E-state index in [4.69, 9.17) is 9.47 Å². The number of hydrogen-bond donors (Lipinski definition) is 0. The molecule has 0 unspecified atom stereocenters. The van der Waals surface area contributed by atoms with Gasteiger partial charge >= 0.3 is 12.1 Å². The van der Waals surface area contributed by atoms with Crippen LogP contribution in [0, 0.1) is 0 Å². The summed E-state index contributed by atoms with van der Waals surface area (Å²) in [5, 5.41) is 0. The molecule has 0 radical (unpaired) electrons. The molecular formula is C30H36F4N2O4. The van der Waals surface area contributed by atoms with E-state index in [1.807, 2.05) is 25.7 Å². The van der Waals surface area contributed by atoms with Crippen molar-refractivity contribution >= 4 is 11.9 Å². The molecule has 0 spiro atoms. The van der Waals surface area contributed by atoms with Gasteiger partial charge in [-0.15, -0.1) is 0 Å². The van der Waals surface area contributed by atoms with Crippen molar-refractivity contribution in [1.82, 2.24) is 9.80 Å². The highest BCUT2D eigenvalue weighted by molar-refractivity contribution is 5.91. The van der Waals surface area contributed by atoms with E-state index in [-0.39, 0.29) is 36.7 Å². The van der Waals surface area contributed by atoms with E-state index in [2.05, 4.69) is 0 Å². The quantitative estimate of drug-likeness (QED) is 0.339. The van der Waals surface area contributed by atoms with Gasteiger partial charge in [0, 0.05) is 37.6 Å². The summed E-state index contributed by atoms with van der Waals surface area (Å²) in [6, 6.07) is 10.2. The summed E-state index contributed by atoms with van der Waals surface area (Å²) >= 11 is 0. The number of ether oxygens (including phenoxy) is 2.